The summed E-state index contributed by atoms with van der Waals surface area (Å²) in [5, 5.41) is 9.39. The van der Waals surface area contributed by atoms with Gasteiger partial charge >= 0.3 is 0 Å². The van der Waals surface area contributed by atoms with E-state index in [1.165, 1.54) is 0 Å². The fourth-order valence-corrected chi connectivity index (χ4v) is 2.86. The monoisotopic (exact) mass is 332 g/mol. The number of ketones is 1. The van der Waals surface area contributed by atoms with E-state index in [0.717, 1.165) is 43.1 Å². The molecular formula is C21H20N2O2. The van der Waals surface area contributed by atoms with Gasteiger partial charge in [0.2, 0.25) is 5.78 Å². The molecular weight excluding hydrogens is 312 g/mol. The molecule has 126 valence electrons. The lowest BCUT2D eigenvalue weighted by Gasteiger charge is -2.28. The second-order valence-electron chi connectivity index (χ2n) is 6.06. The highest BCUT2D eigenvalue weighted by Crippen LogP contribution is 2.19. The predicted octanol–water partition coefficient (Wildman–Crippen LogP) is 3.62. The van der Waals surface area contributed by atoms with E-state index in [0.29, 0.717) is 5.56 Å². The number of benzene rings is 2. The smallest absolute Gasteiger partial charge is 0.203 e. The number of rotatable bonds is 4. The summed E-state index contributed by atoms with van der Waals surface area (Å²) in [5.74, 6) is -0.247. The van der Waals surface area contributed by atoms with Gasteiger partial charge in [-0.15, -0.1) is 0 Å². The van der Waals surface area contributed by atoms with Gasteiger partial charge in [0.05, 0.1) is 13.2 Å². The van der Waals surface area contributed by atoms with Crippen molar-refractivity contribution in [1.82, 2.24) is 0 Å². The maximum Gasteiger partial charge on any atom is 0.203 e. The van der Waals surface area contributed by atoms with E-state index in [9.17, 15) is 10.1 Å². The average Bonchev–Trinajstić information content (AvgIpc) is 2.67. The number of morpholine rings is 1. The van der Waals surface area contributed by atoms with E-state index >= 15 is 0 Å². The topological polar surface area (TPSA) is 53.3 Å². The minimum absolute atomic E-state index is 0.143. The molecule has 25 heavy (non-hydrogen) atoms. The molecule has 0 aromatic heterocycles. The summed E-state index contributed by atoms with van der Waals surface area (Å²) in [6.07, 6.45) is 1.65. The molecule has 0 amide bonds. The molecule has 4 heteroatoms. The average molecular weight is 332 g/mol. The molecule has 1 heterocycles. The molecule has 1 saturated heterocycles. The maximum absolute atomic E-state index is 12.5. The van der Waals surface area contributed by atoms with Crippen molar-refractivity contribution in [3.63, 3.8) is 0 Å². The Balaban J connectivity index is 1.80. The van der Waals surface area contributed by atoms with Gasteiger partial charge in [-0.25, -0.2) is 0 Å². The summed E-state index contributed by atoms with van der Waals surface area (Å²) in [7, 11) is 0. The number of carbonyl (C=O) groups excluding carboxylic acids is 1. The van der Waals surface area contributed by atoms with Crippen LogP contribution in [0.15, 0.2) is 54.1 Å². The summed E-state index contributed by atoms with van der Waals surface area (Å²) >= 11 is 0. The fourth-order valence-electron chi connectivity index (χ4n) is 2.86. The van der Waals surface area contributed by atoms with Crippen LogP contribution in [0.25, 0.3) is 6.08 Å². The van der Waals surface area contributed by atoms with Gasteiger partial charge in [-0.2, -0.15) is 5.26 Å². The SMILES string of the molecule is Cc1cccc(C(=O)/C(C#N)=C/c2ccc(N3CCOCC3)cc2)c1. The molecule has 1 fully saturated rings. The molecule has 0 atom stereocenters. The molecule has 4 nitrogen and oxygen atoms in total. The molecule has 0 radical (unpaired) electrons. The largest absolute Gasteiger partial charge is 0.378 e. The number of allylic oxidation sites excluding steroid dienone is 1. The van der Waals surface area contributed by atoms with Crippen LogP contribution in [0, 0.1) is 18.3 Å². The normalized spacial score (nSPS) is 14.9. The zero-order valence-electron chi connectivity index (χ0n) is 14.2. The Bertz CT molecular complexity index is 826. The van der Waals surface area contributed by atoms with Gasteiger partial charge in [0.15, 0.2) is 0 Å². The maximum atomic E-state index is 12.5. The molecule has 0 bridgehead atoms. The molecule has 1 aliphatic heterocycles. The highest BCUT2D eigenvalue weighted by molar-refractivity contribution is 6.14. The first-order valence-corrected chi connectivity index (χ1v) is 8.33. The van der Waals surface area contributed by atoms with E-state index in [4.69, 9.17) is 4.74 Å². The molecule has 1 aliphatic rings. The van der Waals surface area contributed by atoms with Crippen LogP contribution in [0.2, 0.25) is 0 Å². The molecule has 0 saturated carbocycles. The van der Waals surface area contributed by atoms with Crippen LogP contribution in [0.1, 0.15) is 21.5 Å². The number of carbonyl (C=O) groups is 1. The number of hydrogen-bond donors (Lipinski definition) is 0. The molecule has 2 aromatic rings. The van der Waals surface area contributed by atoms with Crippen molar-refractivity contribution in [2.45, 2.75) is 6.92 Å². The number of aryl methyl sites for hydroxylation is 1. The minimum Gasteiger partial charge on any atom is -0.378 e. The van der Waals surface area contributed by atoms with Gasteiger partial charge in [-0.1, -0.05) is 35.9 Å². The van der Waals surface area contributed by atoms with Crippen molar-refractivity contribution in [3.8, 4) is 6.07 Å². The summed E-state index contributed by atoms with van der Waals surface area (Å²) in [6.45, 7) is 5.17. The quantitative estimate of drug-likeness (QED) is 0.487. The molecule has 3 rings (SSSR count). The molecule has 0 spiro atoms. The zero-order valence-corrected chi connectivity index (χ0v) is 14.2. The molecule has 0 aliphatic carbocycles. The van der Waals surface area contributed by atoms with Crippen molar-refractivity contribution in [1.29, 1.82) is 5.26 Å². The summed E-state index contributed by atoms with van der Waals surface area (Å²) in [5.41, 5.74) is 3.65. The number of anilines is 1. The number of Topliss-reactive ketones (excluding diaryl/α,β-unsaturated/α-hetero) is 1. The van der Waals surface area contributed by atoms with Crippen molar-refractivity contribution in [2.24, 2.45) is 0 Å². The van der Waals surface area contributed by atoms with E-state index in [-0.39, 0.29) is 11.4 Å². The molecule has 0 N–H and O–H groups in total. The first-order valence-electron chi connectivity index (χ1n) is 8.33. The molecule has 0 unspecified atom stereocenters. The minimum atomic E-state index is -0.247. The van der Waals surface area contributed by atoms with E-state index in [1.807, 2.05) is 49.4 Å². The lowest BCUT2D eigenvalue weighted by Crippen LogP contribution is -2.36. The third-order valence-electron chi connectivity index (χ3n) is 4.23. The van der Waals surface area contributed by atoms with Crippen molar-refractivity contribution < 1.29 is 9.53 Å². The standard InChI is InChI=1S/C21H20N2O2/c1-16-3-2-4-18(13-16)21(24)19(15-22)14-17-5-7-20(8-6-17)23-9-11-25-12-10-23/h2-8,13-14H,9-12H2,1H3/b19-14+. The van der Waals surface area contributed by atoms with E-state index in [2.05, 4.69) is 4.90 Å². The third kappa shape index (κ3) is 4.14. The summed E-state index contributed by atoms with van der Waals surface area (Å²) < 4.78 is 5.36. The Morgan fingerprint density at radius 3 is 2.52 bits per heavy atom. The van der Waals surface area contributed by atoms with Crippen LogP contribution < -0.4 is 4.90 Å². The first kappa shape index (κ1) is 16.9. The van der Waals surface area contributed by atoms with Gasteiger partial charge in [0.25, 0.3) is 0 Å². The van der Waals surface area contributed by atoms with Crippen LogP contribution >= 0.6 is 0 Å². The van der Waals surface area contributed by atoms with Crippen LogP contribution in [0.4, 0.5) is 5.69 Å². The number of hydrogen-bond acceptors (Lipinski definition) is 4. The Kier molecular flexibility index (Phi) is 5.27. The Morgan fingerprint density at radius 2 is 1.88 bits per heavy atom. The first-order chi connectivity index (χ1) is 12.2. The number of nitriles is 1. The van der Waals surface area contributed by atoms with Crippen LogP contribution in [-0.2, 0) is 4.74 Å². The third-order valence-corrected chi connectivity index (χ3v) is 4.23. The Hall–Kier alpha value is -2.90. The highest BCUT2D eigenvalue weighted by Gasteiger charge is 2.13. The van der Waals surface area contributed by atoms with Crippen molar-refractivity contribution in [2.75, 3.05) is 31.2 Å². The van der Waals surface area contributed by atoms with E-state index in [1.54, 1.807) is 18.2 Å². The number of ether oxygens (including phenoxy) is 1. The summed E-state index contributed by atoms with van der Waals surface area (Å²) in [6, 6.07) is 17.2. The second-order valence-corrected chi connectivity index (χ2v) is 6.06. The van der Waals surface area contributed by atoms with E-state index < -0.39 is 0 Å². The summed E-state index contributed by atoms with van der Waals surface area (Å²) in [4.78, 5) is 14.8. The predicted molar refractivity (Wildman–Crippen MR) is 98.6 cm³/mol. The lowest BCUT2D eigenvalue weighted by atomic mass is 10.0. The van der Waals surface area contributed by atoms with Gasteiger partial charge in [-0.3, -0.25) is 4.79 Å². The van der Waals surface area contributed by atoms with Crippen LogP contribution in [0.3, 0.4) is 0 Å². The van der Waals surface area contributed by atoms with Gasteiger partial charge in [-0.05, 0) is 36.8 Å². The second kappa shape index (κ2) is 7.78. The van der Waals surface area contributed by atoms with Crippen LogP contribution in [0.5, 0.6) is 0 Å². The van der Waals surface area contributed by atoms with Crippen LogP contribution in [-0.4, -0.2) is 32.1 Å². The van der Waals surface area contributed by atoms with Gasteiger partial charge in [0.1, 0.15) is 11.6 Å². The Labute approximate surface area is 148 Å². The Morgan fingerprint density at radius 1 is 1.16 bits per heavy atom. The zero-order chi connectivity index (χ0) is 17.6. The highest BCUT2D eigenvalue weighted by atomic mass is 16.5. The van der Waals surface area contributed by atoms with Crippen molar-refractivity contribution >= 4 is 17.5 Å². The van der Waals surface area contributed by atoms with Gasteiger partial charge < -0.3 is 9.64 Å². The molecule has 2 aromatic carbocycles. The number of nitrogens with zero attached hydrogens (tertiary/aromatic N) is 2. The fraction of sp³-hybridized carbons (Fsp3) is 0.238. The lowest BCUT2D eigenvalue weighted by molar-refractivity contribution is 0.104. The van der Waals surface area contributed by atoms with Crippen molar-refractivity contribution in [3.05, 3.63) is 70.8 Å². The van der Waals surface area contributed by atoms with Gasteiger partial charge in [0, 0.05) is 24.3 Å².